The molecular weight excluding hydrogens is 524 g/mol. The Bertz CT molecular complexity index is 1530. The number of aromatic hydroxyl groups is 2. The minimum absolute atomic E-state index is 0.140. The van der Waals surface area contributed by atoms with Gasteiger partial charge in [0.1, 0.15) is 12.8 Å². The molecule has 8 N–H and O–H groups in total. The number of rotatable bonds is 6. The fourth-order valence-corrected chi connectivity index (χ4v) is 3.58. The molecule has 2 heterocycles. The molecule has 0 spiro atoms. The van der Waals surface area contributed by atoms with Crippen molar-refractivity contribution >= 4 is 56.8 Å². The molecule has 2 aromatic carbocycles. The summed E-state index contributed by atoms with van der Waals surface area (Å²) in [5, 5.41) is 36.4. The number of para-hydroxylation sites is 2. The maximum Gasteiger partial charge on any atom is 0.274 e. The number of fused-ring (bicyclic) bond motifs is 2. The normalized spacial score (nSPS) is 11.1. The molecule has 0 aliphatic carbocycles. The molecule has 4 rings (SSSR count). The predicted octanol–water partition coefficient (Wildman–Crippen LogP) is 1.75. The zero-order valence-electron chi connectivity index (χ0n) is 21.4. The fourth-order valence-electron chi connectivity index (χ4n) is 3.58. The Morgan fingerprint density at radius 1 is 0.700 bits per heavy atom. The van der Waals surface area contributed by atoms with Gasteiger partial charge < -0.3 is 19.3 Å². The van der Waals surface area contributed by atoms with Crippen molar-refractivity contribution in [2.45, 2.75) is 12.8 Å². The smallest absolute Gasteiger partial charge is 0.274 e. The first-order valence-corrected chi connectivity index (χ1v) is 11.5. The van der Waals surface area contributed by atoms with E-state index in [4.69, 9.17) is 0 Å². The van der Waals surface area contributed by atoms with Gasteiger partial charge in [-0.15, -0.1) is 20.5 Å². The van der Waals surface area contributed by atoms with Crippen molar-refractivity contribution in [2.75, 3.05) is 0 Å². The molecule has 4 aromatic rings. The van der Waals surface area contributed by atoms with Crippen LogP contribution < -0.4 is 22.5 Å². The average Bonchev–Trinajstić information content (AvgIpc) is 3.35. The molecule has 0 unspecified atom stereocenters. The van der Waals surface area contributed by atoms with Gasteiger partial charge in [-0.2, -0.15) is 0 Å². The first-order chi connectivity index (χ1) is 19.1. The Hall–Kier alpha value is -5.48. The number of hydrogen-bond donors (Lipinski definition) is 6. The van der Waals surface area contributed by atoms with Crippen LogP contribution in [0, 0.1) is 0 Å². The molecule has 0 saturated carbocycles. The molecule has 0 aliphatic rings. The minimum Gasteiger partial charge on any atom is -0.493 e. The zero-order valence-corrected chi connectivity index (χ0v) is 21.4. The summed E-state index contributed by atoms with van der Waals surface area (Å²) < 4.78 is 3.04. The molecule has 0 aliphatic heterocycles. The quantitative estimate of drug-likeness (QED) is 0.0677. The lowest BCUT2D eigenvalue weighted by molar-refractivity contribution is -0.130. The largest absolute Gasteiger partial charge is 0.493 e. The number of hydrazine groups is 2. The van der Waals surface area contributed by atoms with Crippen LogP contribution in [0.25, 0.3) is 21.8 Å². The maximum atomic E-state index is 12.1. The molecule has 16 heteroatoms. The number of nitrogens with one attached hydrogen (secondary N) is 2. The van der Waals surface area contributed by atoms with Gasteiger partial charge in [-0.05, 0) is 12.1 Å². The van der Waals surface area contributed by atoms with E-state index in [1.807, 2.05) is 12.1 Å². The average molecular weight is 551 g/mol. The summed E-state index contributed by atoms with van der Waals surface area (Å²) in [5.41, 5.74) is 5.28. The van der Waals surface area contributed by atoms with E-state index < -0.39 is 30.0 Å². The van der Waals surface area contributed by atoms with E-state index in [1.54, 1.807) is 61.3 Å². The van der Waals surface area contributed by atoms with Crippen LogP contribution in [-0.4, -0.2) is 43.0 Å². The van der Waals surface area contributed by atoms with Gasteiger partial charge in [-0.1, -0.05) is 36.4 Å². The second-order valence-electron chi connectivity index (χ2n) is 8.17. The Labute approximate surface area is 225 Å². The Morgan fingerprint density at radius 3 is 1.45 bits per heavy atom. The molecule has 0 bridgehead atoms. The summed E-state index contributed by atoms with van der Waals surface area (Å²) in [4.78, 5) is 44.6. The Morgan fingerprint density at radius 2 is 1.07 bits per heavy atom. The maximum absolute atomic E-state index is 12.1. The number of carbonyl (C=O) groups excluding carboxylic acids is 4. The van der Waals surface area contributed by atoms with E-state index in [-0.39, 0.29) is 29.6 Å². The van der Waals surface area contributed by atoms with Gasteiger partial charge in [0.05, 0.1) is 11.0 Å². The highest BCUT2D eigenvalue weighted by atomic mass is 16.3. The van der Waals surface area contributed by atoms with Gasteiger partial charge in [0, 0.05) is 24.9 Å². The minimum atomic E-state index is -0.835. The second kappa shape index (κ2) is 12.9. The molecule has 208 valence electrons. The van der Waals surface area contributed by atoms with E-state index in [9.17, 15) is 29.4 Å². The van der Waals surface area contributed by atoms with Crippen LogP contribution in [0.4, 0.5) is 11.4 Å². The van der Waals surface area contributed by atoms with Crippen LogP contribution in [0.1, 0.15) is 12.8 Å². The zero-order chi connectivity index (χ0) is 29.4. The number of carbonyl (C=O) groups is 4. The number of aromatic nitrogens is 2. The van der Waals surface area contributed by atoms with Crippen molar-refractivity contribution in [3.8, 4) is 11.8 Å². The number of azo groups is 2. The van der Waals surface area contributed by atoms with Crippen molar-refractivity contribution in [3.63, 3.8) is 0 Å². The van der Waals surface area contributed by atoms with Gasteiger partial charge in [0.2, 0.25) is 23.6 Å². The molecule has 0 atom stereocenters. The SMILES string of the molecule is Cn1c(O)c(N=NC(=O)CC(=O)N=Nc2c(O)n(C)c3ccccc23)c2ccccc21.NNC(=O)CC(=O)NN. The summed E-state index contributed by atoms with van der Waals surface area (Å²) in [6.45, 7) is 0. The van der Waals surface area contributed by atoms with E-state index >= 15 is 0 Å². The summed E-state index contributed by atoms with van der Waals surface area (Å²) in [5.74, 6) is 6.21. The van der Waals surface area contributed by atoms with Crippen molar-refractivity contribution in [2.24, 2.45) is 46.2 Å². The molecule has 40 heavy (non-hydrogen) atoms. The number of hydrogen-bond acceptors (Lipinski definition) is 10. The van der Waals surface area contributed by atoms with Crippen LogP contribution in [0.5, 0.6) is 11.8 Å². The van der Waals surface area contributed by atoms with Gasteiger partial charge in [0.15, 0.2) is 11.4 Å². The first kappa shape index (κ1) is 29.1. The lowest BCUT2D eigenvalue weighted by Crippen LogP contribution is -2.37. The molecule has 0 fully saturated rings. The van der Waals surface area contributed by atoms with Gasteiger partial charge in [-0.3, -0.25) is 30.0 Å². The third-order valence-electron chi connectivity index (χ3n) is 5.57. The van der Waals surface area contributed by atoms with Gasteiger partial charge in [0.25, 0.3) is 11.8 Å². The topological polar surface area (TPSA) is 244 Å². The number of nitrogens with zero attached hydrogens (tertiary/aromatic N) is 6. The van der Waals surface area contributed by atoms with Gasteiger partial charge in [-0.25, -0.2) is 11.7 Å². The first-order valence-electron chi connectivity index (χ1n) is 11.5. The Balaban J connectivity index is 0.000000424. The van der Waals surface area contributed by atoms with Crippen molar-refractivity contribution in [3.05, 3.63) is 48.5 Å². The number of aryl methyl sites for hydroxylation is 2. The molecule has 16 nitrogen and oxygen atoms in total. The van der Waals surface area contributed by atoms with E-state index in [1.165, 1.54) is 9.13 Å². The van der Waals surface area contributed by atoms with Crippen LogP contribution >= 0.6 is 0 Å². The van der Waals surface area contributed by atoms with Gasteiger partial charge >= 0.3 is 0 Å². The number of amides is 4. The highest BCUT2D eigenvalue weighted by molar-refractivity contribution is 5.99. The summed E-state index contributed by atoms with van der Waals surface area (Å²) in [6, 6.07) is 14.2. The van der Waals surface area contributed by atoms with E-state index in [0.29, 0.717) is 10.8 Å². The highest BCUT2D eigenvalue weighted by Gasteiger charge is 2.16. The molecular formula is C24H26N10O6. The van der Waals surface area contributed by atoms with Crippen LogP contribution in [-0.2, 0) is 33.3 Å². The lowest BCUT2D eigenvalue weighted by atomic mass is 10.2. The lowest BCUT2D eigenvalue weighted by Gasteiger charge is -1.95. The van der Waals surface area contributed by atoms with Crippen LogP contribution in [0.2, 0.25) is 0 Å². The fraction of sp³-hybridized carbons (Fsp3) is 0.167. The summed E-state index contributed by atoms with van der Waals surface area (Å²) >= 11 is 0. The van der Waals surface area contributed by atoms with Crippen molar-refractivity contribution < 1.29 is 29.4 Å². The van der Waals surface area contributed by atoms with E-state index in [2.05, 4.69) is 32.1 Å². The highest BCUT2D eigenvalue weighted by Crippen LogP contribution is 2.38. The molecule has 0 radical (unpaired) electrons. The van der Waals surface area contributed by atoms with E-state index in [0.717, 1.165) is 11.0 Å². The standard InChI is InChI=1S/C21H18N6O4.C3H8N4O2/c1-26-14-9-5-3-7-12(14)18(20(26)30)24-22-16(28)11-17(29)23-25-19-13-8-4-6-10-15(13)27(2)21(19)31;4-6-2(8)1-3(9)7-5/h3-10,30-31H,11H2,1-2H3;1,4-5H2,(H,6,8)(H,7,9). The molecule has 4 amide bonds. The second-order valence-corrected chi connectivity index (χ2v) is 8.17. The molecule has 0 saturated heterocycles. The number of nitrogens with two attached hydrogens (primary N) is 2. The summed E-state index contributed by atoms with van der Waals surface area (Å²) in [6.07, 6.45) is -0.989. The number of benzene rings is 2. The monoisotopic (exact) mass is 550 g/mol. The van der Waals surface area contributed by atoms with Crippen molar-refractivity contribution in [1.29, 1.82) is 0 Å². The predicted molar refractivity (Wildman–Crippen MR) is 142 cm³/mol. The summed E-state index contributed by atoms with van der Waals surface area (Å²) in [7, 11) is 3.32. The van der Waals surface area contributed by atoms with Crippen LogP contribution in [0.15, 0.2) is 69.0 Å². The van der Waals surface area contributed by atoms with Crippen molar-refractivity contribution in [1.82, 2.24) is 20.0 Å². The molecule has 2 aromatic heterocycles. The van der Waals surface area contributed by atoms with Crippen LogP contribution in [0.3, 0.4) is 0 Å². The Kier molecular flexibility index (Phi) is 9.34. The third-order valence-corrected chi connectivity index (χ3v) is 5.57. The third kappa shape index (κ3) is 6.50.